The van der Waals surface area contributed by atoms with Crippen LogP contribution in [0.5, 0.6) is 0 Å². The summed E-state index contributed by atoms with van der Waals surface area (Å²) in [5.41, 5.74) is 5.73. The van der Waals surface area contributed by atoms with E-state index < -0.39 is 0 Å². The molecule has 16 heavy (non-hydrogen) atoms. The molecule has 2 aliphatic rings. The first kappa shape index (κ1) is 11.3. The number of nitrogens with two attached hydrogens (primary N) is 1. The summed E-state index contributed by atoms with van der Waals surface area (Å²) in [5.74, 6) is -0.275. The monoisotopic (exact) mass is 227 g/mol. The van der Waals surface area contributed by atoms with E-state index in [2.05, 4.69) is 10.6 Å². The van der Waals surface area contributed by atoms with Crippen LogP contribution in [-0.4, -0.2) is 43.7 Å². The minimum atomic E-state index is -0.253. The van der Waals surface area contributed by atoms with Gasteiger partial charge in [0.2, 0.25) is 11.8 Å². The molecule has 90 valence electrons. The fourth-order valence-electron chi connectivity index (χ4n) is 2.03. The van der Waals surface area contributed by atoms with E-state index in [-0.39, 0.29) is 29.8 Å². The summed E-state index contributed by atoms with van der Waals surface area (Å²) in [7, 11) is 0. The molecule has 0 aliphatic carbocycles. The molecule has 0 aromatic heterocycles. The van der Waals surface area contributed by atoms with Gasteiger partial charge in [-0.2, -0.15) is 0 Å². The molecule has 0 radical (unpaired) electrons. The van der Waals surface area contributed by atoms with Crippen molar-refractivity contribution in [3.8, 4) is 0 Å². The molecule has 0 aromatic rings. The first-order valence-corrected chi connectivity index (χ1v) is 5.57. The van der Waals surface area contributed by atoms with Gasteiger partial charge in [0.1, 0.15) is 0 Å². The zero-order valence-corrected chi connectivity index (χ0v) is 9.07. The van der Waals surface area contributed by atoms with E-state index in [4.69, 9.17) is 10.5 Å². The predicted molar refractivity (Wildman–Crippen MR) is 56.5 cm³/mol. The van der Waals surface area contributed by atoms with E-state index in [9.17, 15) is 9.59 Å². The second-order valence-corrected chi connectivity index (χ2v) is 4.36. The average Bonchev–Trinajstić information content (AvgIpc) is 2.84. The maximum atomic E-state index is 11.7. The Labute approximate surface area is 93.9 Å². The number of amides is 2. The Balaban J connectivity index is 1.73. The SMILES string of the molecule is NC1COCC1C(=O)NCC1CCC(=O)N1. The smallest absolute Gasteiger partial charge is 0.227 e. The minimum absolute atomic E-state index is 0.0557. The summed E-state index contributed by atoms with van der Waals surface area (Å²) in [6.07, 6.45) is 1.33. The first-order chi connectivity index (χ1) is 7.66. The topological polar surface area (TPSA) is 93.4 Å². The molecular weight excluding hydrogens is 210 g/mol. The van der Waals surface area contributed by atoms with Crippen molar-refractivity contribution in [3.63, 3.8) is 0 Å². The van der Waals surface area contributed by atoms with Gasteiger partial charge in [-0.3, -0.25) is 9.59 Å². The lowest BCUT2D eigenvalue weighted by molar-refractivity contribution is -0.125. The summed E-state index contributed by atoms with van der Waals surface area (Å²) in [6, 6.07) is -0.145. The van der Waals surface area contributed by atoms with Crippen molar-refractivity contribution in [2.45, 2.75) is 24.9 Å². The molecule has 3 atom stereocenters. The number of nitrogens with one attached hydrogen (secondary N) is 2. The lowest BCUT2D eigenvalue weighted by atomic mass is 10.0. The summed E-state index contributed by atoms with van der Waals surface area (Å²) in [6.45, 7) is 1.32. The number of hydrogen-bond acceptors (Lipinski definition) is 4. The van der Waals surface area contributed by atoms with E-state index >= 15 is 0 Å². The molecule has 2 fully saturated rings. The van der Waals surface area contributed by atoms with Gasteiger partial charge in [-0.05, 0) is 6.42 Å². The summed E-state index contributed by atoms with van der Waals surface area (Å²) >= 11 is 0. The molecule has 2 amide bonds. The van der Waals surface area contributed by atoms with E-state index in [0.717, 1.165) is 6.42 Å². The fraction of sp³-hybridized carbons (Fsp3) is 0.800. The number of ether oxygens (including phenoxy) is 1. The zero-order valence-electron chi connectivity index (χ0n) is 9.07. The van der Waals surface area contributed by atoms with Crippen LogP contribution in [-0.2, 0) is 14.3 Å². The van der Waals surface area contributed by atoms with Crippen molar-refractivity contribution in [2.75, 3.05) is 19.8 Å². The van der Waals surface area contributed by atoms with Crippen molar-refractivity contribution in [1.29, 1.82) is 0 Å². The fourth-order valence-corrected chi connectivity index (χ4v) is 2.03. The van der Waals surface area contributed by atoms with E-state index in [1.807, 2.05) is 0 Å². The normalized spacial score (nSPS) is 33.8. The largest absolute Gasteiger partial charge is 0.379 e. The average molecular weight is 227 g/mol. The van der Waals surface area contributed by atoms with Crippen LogP contribution in [0.25, 0.3) is 0 Å². The lowest BCUT2D eigenvalue weighted by Gasteiger charge is -2.16. The third kappa shape index (κ3) is 2.51. The summed E-state index contributed by atoms with van der Waals surface area (Å²) in [5, 5.41) is 5.60. The molecule has 4 N–H and O–H groups in total. The predicted octanol–water partition coefficient (Wildman–Crippen LogP) is -1.65. The molecule has 6 heteroatoms. The van der Waals surface area contributed by atoms with Crippen molar-refractivity contribution >= 4 is 11.8 Å². The Morgan fingerprint density at radius 3 is 2.94 bits per heavy atom. The number of carbonyl (C=O) groups excluding carboxylic acids is 2. The van der Waals surface area contributed by atoms with Gasteiger partial charge < -0.3 is 21.1 Å². The van der Waals surface area contributed by atoms with Crippen LogP contribution in [0.2, 0.25) is 0 Å². The van der Waals surface area contributed by atoms with Gasteiger partial charge in [0.25, 0.3) is 0 Å². The molecule has 0 spiro atoms. The Hall–Kier alpha value is -1.14. The van der Waals surface area contributed by atoms with Crippen LogP contribution in [0.15, 0.2) is 0 Å². The van der Waals surface area contributed by atoms with Gasteiger partial charge in [0.15, 0.2) is 0 Å². The first-order valence-electron chi connectivity index (χ1n) is 5.57. The van der Waals surface area contributed by atoms with Gasteiger partial charge in [-0.15, -0.1) is 0 Å². The van der Waals surface area contributed by atoms with Crippen LogP contribution < -0.4 is 16.4 Å². The highest BCUT2D eigenvalue weighted by Gasteiger charge is 2.31. The standard InChI is InChI=1S/C10H17N3O3/c11-8-5-16-4-7(8)10(15)12-3-6-1-2-9(14)13-6/h6-8H,1-5,11H2,(H,12,15)(H,13,14). The third-order valence-corrected chi connectivity index (χ3v) is 3.07. The molecule has 2 heterocycles. The van der Waals surface area contributed by atoms with Gasteiger partial charge in [-0.25, -0.2) is 0 Å². The number of carbonyl (C=O) groups is 2. The summed E-state index contributed by atoms with van der Waals surface area (Å²) in [4.78, 5) is 22.7. The Morgan fingerprint density at radius 2 is 2.38 bits per heavy atom. The molecule has 2 aliphatic heterocycles. The van der Waals surface area contributed by atoms with Crippen LogP contribution >= 0.6 is 0 Å². The molecule has 3 unspecified atom stereocenters. The highest BCUT2D eigenvalue weighted by atomic mass is 16.5. The van der Waals surface area contributed by atoms with Crippen LogP contribution in [0.3, 0.4) is 0 Å². The third-order valence-electron chi connectivity index (χ3n) is 3.07. The van der Waals surface area contributed by atoms with E-state index in [1.165, 1.54) is 0 Å². The molecule has 6 nitrogen and oxygen atoms in total. The zero-order chi connectivity index (χ0) is 11.5. The molecule has 0 saturated carbocycles. The summed E-state index contributed by atoms with van der Waals surface area (Å²) < 4.78 is 5.12. The highest BCUT2D eigenvalue weighted by molar-refractivity contribution is 5.81. The van der Waals surface area contributed by atoms with Crippen molar-refractivity contribution in [3.05, 3.63) is 0 Å². The molecule has 0 bridgehead atoms. The molecule has 2 saturated heterocycles. The second-order valence-electron chi connectivity index (χ2n) is 4.36. The van der Waals surface area contributed by atoms with Gasteiger partial charge in [0, 0.05) is 25.0 Å². The van der Waals surface area contributed by atoms with Crippen LogP contribution in [0.1, 0.15) is 12.8 Å². The second kappa shape index (κ2) is 4.80. The molecular formula is C10H17N3O3. The van der Waals surface area contributed by atoms with Gasteiger partial charge in [-0.1, -0.05) is 0 Å². The number of hydrogen-bond donors (Lipinski definition) is 3. The van der Waals surface area contributed by atoms with Gasteiger partial charge >= 0.3 is 0 Å². The Morgan fingerprint density at radius 1 is 1.56 bits per heavy atom. The Kier molecular flexibility index (Phi) is 3.40. The number of rotatable bonds is 3. The van der Waals surface area contributed by atoms with E-state index in [1.54, 1.807) is 0 Å². The van der Waals surface area contributed by atoms with Crippen molar-refractivity contribution in [2.24, 2.45) is 11.7 Å². The molecule has 0 aromatic carbocycles. The van der Waals surface area contributed by atoms with Crippen LogP contribution in [0.4, 0.5) is 0 Å². The quantitative estimate of drug-likeness (QED) is 0.539. The minimum Gasteiger partial charge on any atom is -0.379 e. The van der Waals surface area contributed by atoms with Crippen molar-refractivity contribution < 1.29 is 14.3 Å². The maximum absolute atomic E-state index is 11.7. The molecule has 2 rings (SSSR count). The van der Waals surface area contributed by atoms with E-state index in [0.29, 0.717) is 26.2 Å². The van der Waals surface area contributed by atoms with Crippen molar-refractivity contribution in [1.82, 2.24) is 10.6 Å². The Bertz CT molecular complexity index is 295. The highest BCUT2D eigenvalue weighted by Crippen LogP contribution is 2.12. The maximum Gasteiger partial charge on any atom is 0.227 e. The van der Waals surface area contributed by atoms with Gasteiger partial charge in [0.05, 0.1) is 19.1 Å². The lowest BCUT2D eigenvalue weighted by Crippen LogP contribution is -2.45. The van der Waals surface area contributed by atoms with Crippen LogP contribution in [0, 0.1) is 5.92 Å².